The Morgan fingerprint density at radius 1 is 1.14 bits per heavy atom. The Balaban J connectivity index is 1.57. The van der Waals surface area contributed by atoms with Gasteiger partial charge in [0, 0.05) is 23.2 Å². The summed E-state index contributed by atoms with van der Waals surface area (Å²) in [5.74, 6) is -0.410. The quantitative estimate of drug-likeness (QED) is 0.740. The van der Waals surface area contributed by atoms with Crippen LogP contribution in [0.4, 0.5) is 10.5 Å². The molecule has 7 nitrogen and oxygen atoms in total. The average molecular weight is 388 g/mol. The van der Waals surface area contributed by atoms with Crippen LogP contribution in [0.25, 0.3) is 10.8 Å². The highest BCUT2D eigenvalue weighted by Crippen LogP contribution is 2.44. The molecule has 3 saturated heterocycles. The minimum absolute atomic E-state index is 0.0275. The Kier molecular flexibility index (Phi) is 3.69. The number of carbonyl (C=O) groups is 3. The van der Waals surface area contributed by atoms with E-state index in [0.717, 1.165) is 0 Å². The predicted octanol–water partition coefficient (Wildman–Crippen LogP) is 2.49. The Bertz CT molecular complexity index is 1120. The molecule has 3 fully saturated rings. The Hall–Kier alpha value is -3.40. The van der Waals surface area contributed by atoms with Crippen LogP contribution in [-0.4, -0.2) is 52.3 Å². The molecule has 3 atom stereocenters. The van der Waals surface area contributed by atoms with Gasteiger partial charge in [-0.15, -0.1) is 0 Å². The third kappa shape index (κ3) is 2.26. The molecule has 0 unspecified atom stereocenters. The van der Waals surface area contributed by atoms with E-state index in [0.29, 0.717) is 35.0 Å². The molecule has 2 bridgehead atoms. The third-order valence-electron chi connectivity index (χ3n) is 6.30. The number of nitrogens with zero attached hydrogens (tertiary/aromatic N) is 4. The minimum atomic E-state index is -0.627. The van der Waals surface area contributed by atoms with Crippen molar-refractivity contribution in [1.29, 1.82) is 5.26 Å². The molecule has 2 aromatic carbocycles. The number of imide groups is 1. The number of amides is 4. The minimum Gasteiger partial charge on any atom is -0.335 e. The van der Waals surface area contributed by atoms with E-state index in [9.17, 15) is 19.6 Å². The molecule has 2 aromatic rings. The Morgan fingerprint density at radius 3 is 2.55 bits per heavy atom. The first-order chi connectivity index (χ1) is 13.9. The van der Waals surface area contributed by atoms with Crippen LogP contribution in [0.5, 0.6) is 0 Å². The van der Waals surface area contributed by atoms with E-state index in [1.807, 2.05) is 38.1 Å². The van der Waals surface area contributed by atoms with Crippen LogP contribution in [0.15, 0.2) is 36.4 Å². The van der Waals surface area contributed by atoms with E-state index in [1.54, 1.807) is 21.9 Å². The van der Waals surface area contributed by atoms with Crippen LogP contribution in [-0.2, 0) is 9.59 Å². The smallest absolute Gasteiger partial charge is 0.332 e. The summed E-state index contributed by atoms with van der Waals surface area (Å²) in [6.45, 7) is 4.19. The second kappa shape index (κ2) is 6.05. The van der Waals surface area contributed by atoms with Gasteiger partial charge in [-0.1, -0.05) is 38.1 Å². The van der Waals surface area contributed by atoms with Gasteiger partial charge in [-0.25, -0.2) is 9.69 Å². The monoisotopic (exact) mass is 388 g/mol. The van der Waals surface area contributed by atoms with Crippen molar-refractivity contribution >= 4 is 34.3 Å². The standard InChI is InChI=1S/C22H20N4O3/c1-12(2)20(27)24-11-14-9-18(24)19-21(28)26(22(29)25(14)19)17-8-7-13(10-23)15-5-3-4-6-16(15)17/h3-8,12,14,18-19H,9,11H2,1-2H3/t14-,18-,19+/m1/s1. The van der Waals surface area contributed by atoms with Crippen molar-refractivity contribution in [2.24, 2.45) is 5.92 Å². The molecule has 0 N–H and O–H groups in total. The highest BCUT2D eigenvalue weighted by atomic mass is 16.2. The van der Waals surface area contributed by atoms with Crippen molar-refractivity contribution in [2.75, 3.05) is 11.4 Å². The summed E-state index contributed by atoms with van der Waals surface area (Å²) >= 11 is 0. The fraction of sp³-hybridized carbons (Fsp3) is 0.364. The number of benzene rings is 2. The second-order valence-electron chi connectivity index (χ2n) is 8.20. The molecule has 29 heavy (non-hydrogen) atoms. The van der Waals surface area contributed by atoms with E-state index in [2.05, 4.69) is 6.07 Å². The first-order valence-electron chi connectivity index (χ1n) is 9.82. The molecule has 0 saturated carbocycles. The van der Waals surface area contributed by atoms with E-state index >= 15 is 0 Å². The molecule has 146 valence electrons. The van der Waals surface area contributed by atoms with Gasteiger partial charge in [0.25, 0.3) is 5.91 Å². The first kappa shape index (κ1) is 17.7. The number of anilines is 1. The largest absolute Gasteiger partial charge is 0.335 e. The van der Waals surface area contributed by atoms with E-state index < -0.39 is 6.04 Å². The highest BCUT2D eigenvalue weighted by molar-refractivity contribution is 6.25. The number of rotatable bonds is 2. The summed E-state index contributed by atoms with van der Waals surface area (Å²) < 4.78 is 0. The van der Waals surface area contributed by atoms with Gasteiger partial charge >= 0.3 is 6.03 Å². The fourth-order valence-corrected chi connectivity index (χ4v) is 5.04. The van der Waals surface area contributed by atoms with E-state index in [4.69, 9.17) is 0 Å². The van der Waals surface area contributed by atoms with Crippen LogP contribution < -0.4 is 4.90 Å². The molecule has 0 aromatic heterocycles. The number of nitriles is 1. The van der Waals surface area contributed by atoms with Gasteiger partial charge in [-0.05, 0) is 18.6 Å². The molecular formula is C22H20N4O3. The number of hydrogen-bond donors (Lipinski definition) is 0. The van der Waals surface area contributed by atoms with Crippen molar-refractivity contribution < 1.29 is 14.4 Å². The maximum absolute atomic E-state index is 13.4. The van der Waals surface area contributed by atoms with Crippen molar-refractivity contribution in [3.8, 4) is 6.07 Å². The zero-order valence-electron chi connectivity index (χ0n) is 16.2. The lowest BCUT2D eigenvalue weighted by Crippen LogP contribution is -2.55. The summed E-state index contributed by atoms with van der Waals surface area (Å²) in [6.07, 6.45) is 0.655. The van der Waals surface area contributed by atoms with E-state index in [-0.39, 0.29) is 35.8 Å². The van der Waals surface area contributed by atoms with Gasteiger partial charge in [0.15, 0.2) is 0 Å². The molecule has 0 spiro atoms. The van der Waals surface area contributed by atoms with Crippen LogP contribution in [0.1, 0.15) is 25.8 Å². The molecule has 5 rings (SSSR count). The maximum Gasteiger partial charge on any atom is 0.332 e. The van der Waals surface area contributed by atoms with Gasteiger partial charge < -0.3 is 9.80 Å². The lowest BCUT2D eigenvalue weighted by Gasteiger charge is -2.35. The highest BCUT2D eigenvalue weighted by Gasteiger charge is 2.63. The van der Waals surface area contributed by atoms with Gasteiger partial charge in [-0.2, -0.15) is 5.26 Å². The lowest BCUT2D eigenvalue weighted by molar-refractivity contribution is -0.138. The first-order valence-corrected chi connectivity index (χ1v) is 9.82. The molecule has 3 aliphatic rings. The van der Waals surface area contributed by atoms with Crippen LogP contribution in [0.3, 0.4) is 0 Å². The summed E-state index contributed by atoms with van der Waals surface area (Å²) in [7, 11) is 0. The molecule has 3 heterocycles. The number of likely N-dealkylation sites (tertiary alicyclic amines) is 1. The number of piperazine rings is 1. The molecular weight excluding hydrogens is 368 g/mol. The van der Waals surface area contributed by atoms with Gasteiger partial charge in [-0.3, -0.25) is 9.59 Å². The number of carbonyl (C=O) groups excluding carboxylic acids is 3. The maximum atomic E-state index is 13.4. The SMILES string of the molecule is CC(C)C(=O)N1C[C@H]2C[C@@H]1[C@H]1C(=O)N(c3ccc(C#N)c4ccccc34)C(=O)N21. The van der Waals surface area contributed by atoms with Crippen molar-refractivity contribution in [3.63, 3.8) is 0 Å². The molecule has 4 amide bonds. The fourth-order valence-electron chi connectivity index (χ4n) is 5.04. The summed E-state index contributed by atoms with van der Waals surface area (Å²) in [4.78, 5) is 43.9. The number of hydrogen-bond acceptors (Lipinski definition) is 4. The summed E-state index contributed by atoms with van der Waals surface area (Å²) in [5, 5.41) is 10.8. The van der Waals surface area contributed by atoms with Crippen molar-refractivity contribution in [2.45, 2.75) is 38.4 Å². The van der Waals surface area contributed by atoms with Crippen LogP contribution >= 0.6 is 0 Å². The Labute approximate surface area is 168 Å². The summed E-state index contributed by atoms with van der Waals surface area (Å²) in [5.41, 5.74) is 0.989. The van der Waals surface area contributed by atoms with Gasteiger partial charge in [0.05, 0.1) is 29.4 Å². The van der Waals surface area contributed by atoms with Crippen LogP contribution in [0.2, 0.25) is 0 Å². The lowest BCUT2D eigenvalue weighted by atomic mass is 10.0. The van der Waals surface area contributed by atoms with Crippen molar-refractivity contribution in [1.82, 2.24) is 9.80 Å². The summed E-state index contributed by atoms with van der Waals surface area (Å²) in [6, 6.07) is 11.4. The zero-order valence-corrected chi connectivity index (χ0v) is 16.2. The van der Waals surface area contributed by atoms with Crippen LogP contribution in [0, 0.1) is 17.2 Å². The molecule has 0 radical (unpaired) electrons. The second-order valence-corrected chi connectivity index (χ2v) is 8.20. The van der Waals surface area contributed by atoms with E-state index in [1.165, 1.54) is 4.90 Å². The predicted molar refractivity (Wildman–Crippen MR) is 106 cm³/mol. The van der Waals surface area contributed by atoms with Gasteiger partial charge in [0.1, 0.15) is 6.04 Å². The Morgan fingerprint density at radius 2 is 1.86 bits per heavy atom. The average Bonchev–Trinajstić information content (AvgIpc) is 3.38. The normalized spacial score (nSPS) is 25.3. The molecule has 7 heteroatoms. The third-order valence-corrected chi connectivity index (χ3v) is 6.30. The van der Waals surface area contributed by atoms with Gasteiger partial charge in [0.2, 0.25) is 5.91 Å². The number of urea groups is 1. The molecule has 3 aliphatic heterocycles. The topological polar surface area (TPSA) is 84.7 Å². The molecule has 0 aliphatic carbocycles. The number of fused-ring (bicyclic) bond motifs is 6. The zero-order chi connectivity index (χ0) is 20.4. The van der Waals surface area contributed by atoms with Crippen molar-refractivity contribution in [3.05, 3.63) is 42.0 Å².